The summed E-state index contributed by atoms with van der Waals surface area (Å²) < 4.78 is 38.5. The highest BCUT2D eigenvalue weighted by Crippen LogP contribution is 2.20. The van der Waals surface area contributed by atoms with Crippen molar-refractivity contribution in [1.82, 2.24) is 4.57 Å². The Hall–Kier alpha value is -2.15. The van der Waals surface area contributed by atoms with Gasteiger partial charge in [0.2, 0.25) is 0 Å². The van der Waals surface area contributed by atoms with E-state index in [1.807, 2.05) is 0 Å². The van der Waals surface area contributed by atoms with E-state index in [0.717, 1.165) is 18.2 Å². The van der Waals surface area contributed by atoms with Gasteiger partial charge in [0.1, 0.15) is 5.82 Å². The molecule has 2 aromatic rings. The summed E-state index contributed by atoms with van der Waals surface area (Å²) in [6.45, 7) is 0.0127. The molecule has 0 amide bonds. The molecule has 2 rings (SSSR count). The smallest absolute Gasteiger partial charge is 0.250 e. The van der Waals surface area contributed by atoms with Crippen LogP contribution in [0.5, 0.6) is 0 Å². The lowest BCUT2D eigenvalue weighted by molar-refractivity contribution is 0.586. The molecule has 20 heavy (non-hydrogen) atoms. The molecule has 106 valence electrons. The number of halogens is 1. The van der Waals surface area contributed by atoms with E-state index in [9.17, 15) is 17.6 Å². The van der Waals surface area contributed by atoms with Crippen molar-refractivity contribution in [2.24, 2.45) is 0 Å². The summed E-state index contributed by atoms with van der Waals surface area (Å²) in [6, 6.07) is 7.69. The first kappa shape index (κ1) is 14.3. The number of nitrogens with zero attached hydrogens (tertiary/aromatic N) is 1. The molecule has 1 aromatic carbocycles. The van der Waals surface area contributed by atoms with Crippen molar-refractivity contribution in [1.29, 1.82) is 0 Å². The van der Waals surface area contributed by atoms with Crippen LogP contribution in [-0.4, -0.2) is 18.7 Å². The molecule has 0 fully saturated rings. The zero-order chi connectivity index (χ0) is 14.8. The van der Waals surface area contributed by atoms with Crippen LogP contribution in [0.4, 0.5) is 10.1 Å². The van der Waals surface area contributed by atoms with Gasteiger partial charge in [-0.25, -0.2) is 12.8 Å². The average molecular weight is 296 g/mol. The highest BCUT2D eigenvalue weighted by Gasteiger charge is 2.18. The lowest BCUT2D eigenvalue weighted by atomic mass is 10.3. The van der Waals surface area contributed by atoms with Gasteiger partial charge in [-0.1, -0.05) is 6.07 Å². The third-order valence-electron chi connectivity index (χ3n) is 2.81. The first-order valence-electron chi connectivity index (χ1n) is 5.83. The number of aryl methyl sites for hydroxylation is 1. The molecule has 1 aromatic heterocycles. The highest BCUT2D eigenvalue weighted by molar-refractivity contribution is 7.91. The Bertz CT molecular complexity index is 784. The number of nitrogen functional groups attached to an aromatic ring is 1. The fourth-order valence-electron chi connectivity index (χ4n) is 1.78. The van der Waals surface area contributed by atoms with E-state index >= 15 is 0 Å². The van der Waals surface area contributed by atoms with E-state index in [4.69, 9.17) is 5.73 Å². The summed E-state index contributed by atoms with van der Waals surface area (Å²) in [5.74, 6) is -0.882. The van der Waals surface area contributed by atoms with Gasteiger partial charge < -0.3 is 10.3 Å². The van der Waals surface area contributed by atoms with Crippen molar-refractivity contribution in [3.05, 3.63) is 58.8 Å². The van der Waals surface area contributed by atoms with Gasteiger partial charge in [0.25, 0.3) is 5.56 Å². The number of nitrogens with two attached hydrogens (primary N) is 1. The molecule has 0 saturated carbocycles. The number of rotatable bonds is 4. The zero-order valence-electron chi connectivity index (χ0n) is 10.5. The summed E-state index contributed by atoms with van der Waals surface area (Å²) in [4.78, 5) is 11.4. The van der Waals surface area contributed by atoms with Gasteiger partial charge in [-0.3, -0.25) is 4.79 Å². The van der Waals surface area contributed by atoms with Crippen molar-refractivity contribution < 1.29 is 12.8 Å². The van der Waals surface area contributed by atoms with E-state index in [2.05, 4.69) is 0 Å². The summed E-state index contributed by atoms with van der Waals surface area (Å²) in [6.07, 6.45) is 1.51. The second kappa shape index (κ2) is 5.46. The van der Waals surface area contributed by atoms with Crippen molar-refractivity contribution in [3.63, 3.8) is 0 Å². The van der Waals surface area contributed by atoms with Crippen LogP contribution in [0.25, 0.3) is 0 Å². The fourth-order valence-corrected chi connectivity index (χ4v) is 3.13. The number of aromatic nitrogens is 1. The van der Waals surface area contributed by atoms with Crippen LogP contribution < -0.4 is 11.3 Å². The maximum atomic E-state index is 12.9. The molecule has 0 aliphatic rings. The molecule has 0 aliphatic heterocycles. The molecule has 5 nitrogen and oxygen atoms in total. The Balaban J connectivity index is 2.24. The van der Waals surface area contributed by atoms with Crippen molar-refractivity contribution in [2.75, 3.05) is 11.5 Å². The second-order valence-corrected chi connectivity index (χ2v) is 6.31. The van der Waals surface area contributed by atoms with Gasteiger partial charge in [0, 0.05) is 18.8 Å². The highest BCUT2D eigenvalue weighted by atomic mass is 32.2. The molecule has 0 aliphatic carbocycles. The molecule has 2 N–H and O–H groups in total. The summed E-state index contributed by atoms with van der Waals surface area (Å²) in [5, 5.41) is 0. The number of hydrogen-bond acceptors (Lipinski definition) is 4. The molecule has 0 unspecified atom stereocenters. The topological polar surface area (TPSA) is 82.2 Å². The molecule has 1 heterocycles. The van der Waals surface area contributed by atoms with E-state index in [1.54, 1.807) is 12.1 Å². The average Bonchev–Trinajstić information content (AvgIpc) is 2.37. The molecule has 0 bridgehead atoms. The number of hydrogen-bond donors (Lipinski definition) is 1. The largest absolute Gasteiger partial charge is 0.398 e. The van der Waals surface area contributed by atoms with Gasteiger partial charge in [-0.15, -0.1) is 0 Å². The first-order valence-corrected chi connectivity index (χ1v) is 7.48. The van der Waals surface area contributed by atoms with Gasteiger partial charge in [0.05, 0.1) is 16.3 Å². The monoisotopic (exact) mass is 296 g/mol. The van der Waals surface area contributed by atoms with Crippen molar-refractivity contribution in [3.8, 4) is 0 Å². The minimum Gasteiger partial charge on any atom is -0.398 e. The zero-order valence-corrected chi connectivity index (χ0v) is 11.3. The number of anilines is 1. The molecule has 7 heteroatoms. The Morgan fingerprint density at radius 2 is 1.95 bits per heavy atom. The minimum absolute atomic E-state index is 0.0127. The Labute approximate surface area is 115 Å². The van der Waals surface area contributed by atoms with E-state index in [1.165, 1.54) is 16.8 Å². The van der Waals surface area contributed by atoms with Crippen LogP contribution in [-0.2, 0) is 16.4 Å². The predicted octanol–water partition coefficient (Wildman–Crippen LogP) is 1.04. The number of benzene rings is 1. The molecule has 0 spiro atoms. The van der Waals surface area contributed by atoms with E-state index < -0.39 is 15.7 Å². The number of sulfone groups is 1. The predicted molar refractivity (Wildman–Crippen MR) is 73.6 cm³/mol. The van der Waals surface area contributed by atoms with Crippen molar-refractivity contribution >= 4 is 15.5 Å². The van der Waals surface area contributed by atoms with Crippen LogP contribution in [0.15, 0.2) is 52.3 Å². The maximum absolute atomic E-state index is 12.9. The SMILES string of the molecule is Nc1cc(F)ccc1S(=O)(=O)CCn1ccccc1=O. The Kier molecular flexibility index (Phi) is 3.89. The Morgan fingerprint density at radius 1 is 1.20 bits per heavy atom. The van der Waals surface area contributed by atoms with E-state index in [0.29, 0.717) is 0 Å². The minimum atomic E-state index is -3.67. The van der Waals surface area contributed by atoms with Crippen LogP contribution in [0.2, 0.25) is 0 Å². The molecular formula is C13H13FN2O3S. The molecule has 0 radical (unpaired) electrons. The van der Waals surface area contributed by atoms with E-state index in [-0.39, 0.29) is 28.4 Å². The molecule has 0 atom stereocenters. The van der Waals surface area contributed by atoms with Crippen LogP contribution in [0.3, 0.4) is 0 Å². The van der Waals surface area contributed by atoms with Crippen LogP contribution >= 0.6 is 0 Å². The van der Waals surface area contributed by atoms with Crippen LogP contribution in [0, 0.1) is 5.82 Å². The third kappa shape index (κ3) is 3.05. The Morgan fingerprint density at radius 3 is 2.60 bits per heavy atom. The standard InChI is InChI=1S/C13H13FN2O3S/c14-10-4-5-12(11(15)9-10)20(18,19)8-7-16-6-2-1-3-13(16)17/h1-6,9H,7-8,15H2. The molecule has 0 saturated heterocycles. The lowest BCUT2D eigenvalue weighted by Gasteiger charge is -2.09. The van der Waals surface area contributed by atoms with Gasteiger partial charge in [-0.05, 0) is 24.3 Å². The summed E-state index contributed by atoms with van der Waals surface area (Å²) >= 11 is 0. The maximum Gasteiger partial charge on any atom is 0.250 e. The fraction of sp³-hybridized carbons (Fsp3) is 0.154. The normalized spacial score (nSPS) is 11.4. The first-order chi connectivity index (χ1) is 9.40. The van der Waals surface area contributed by atoms with Gasteiger partial charge in [-0.2, -0.15) is 0 Å². The lowest BCUT2D eigenvalue weighted by Crippen LogP contribution is -2.23. The number of pyridine rings is 1. The van der Waals surface area contributed by atoms with Gasteiger partial charge in [0.15, 0.2) is 9.84 Å². The quantitative estimate of drug-likeness (QED) is 0.675. The third-order valence-corrected chi connectivity index (χ3v) is 4.57. The molecular weight excluding hydrogens is 283 g/mol. The summed E-state index contributed by atoms with van der Waals surface area (Å²) in [7, 11) is -3.67. The van der Waals surface area contributed by atoms with Crippen LogP contribution in [0.1, 0.15) is 0 Å². The second-order valence-electron chi connectivity index (χ2n) is 4.23. The van der Waals surface area contributed by atoms with Gasteiger partial charge >= 0.3 is 0 Å². The summed E-state index contributed by atoms with van der Waals surface area (Å²) in [5.41, 5.74) is 5.10. The van der Waals surface area contributed by atoms with Crippen molar-refractivity contribution in [2.45, 2.75) is 11.4 Å².